The summed E-state index contributed by atoms with van der Waals surface area (Å²) in [6, 6.07) is 15.0. The van der Waals surface area contributed by atoms with Crippen molar-refractivity contribution in [1.29, 1.82) is 0 Å². The molecule has 3 aromatic heterocycles. The number of phenols is 2. The zero-order chi connectivity index (χ0) is 17.9. The van der Waals surface area contributed by atoms with Crippen LogP contribution in [0.25, 0.3) is 34.4 Å². The van der Waals surface area contributed by atoms with E-state index in [1.807, 2.05) is 12.1 Å². The van der Waals surface area contributed by atoms with Crippen molar-refractivity contribution in [2.45, 2.75) is 0 Å². The maximum absolute atomic E-state index is 10.2. The van der Waals surface area contributed by atoms with Gasteiger partial charge in [-0.1, -0.05) is 12.1 Å². The van der Waals surface area contributed by atoms with Gasteiger partial charge in [-0.05, 0) is 42.5 Å². The predicted molar refractivity (Wildman–Crippen MR) is 95.1 cm³/mol. The Morgan fingerprint density at radius 2 is 1.19 bits per heavy atom. The van der Waals surface area contributed by atoms with Gasteiger partial charge in [-0.3, -0.25) is 9.97 Å². The summed E-state index contributed by atoms with van der Waals surface area (Å²) in [7, 11) is 0. The van der Waals surface area contributed by atoms with Gasteiger partial charge in [0, 0.05) is 12.4 Å². The molecule has 0 spiro atoms. The Labute approximate surface area is 148 Å². The molecule has 3 heterocycles. The van der Waals surface area contributed by atoms with Crippen LogP contribution in [-0.4, -0.2) is 35.1 Å². The van der Waals surface area contributed by atoms with Gasteiger partial charge >= 0.3 is 0 Å². The predicted octanol–water partition coefficient (Wildman–Crippen LogP) is 3.07. The SMILES string of the molecule is Oc1ccc(O)c(-c2nc(-c3ccccn3)nc(-c3ccccn3)n2)c1. The fourth-order valence-corrected chi connectivity index (χ4v) is 2.42. The molecular formula is C19H13N5O2. The molecule has 0 radical (unpaired) electrons. The number of phenolic OH excluding ortho intramolecular Hbond substituents is 2. The molecule has 0 bridgehead atoms. The zero-order valence-electron chi connectivity index (χ0n) is 13.5. The molecule has 2 N–H and O–H groups in total. The second-order valence-corrected chi connectivity index (χ2v) is 5.44. The average molecular weight is 343 g/mol. The number of aromatic nitrogens is 5. The van der Waals surface area contributed by atoms with Gasteiger partial charge in [0.1, 0.15) is 22.9 Å². The molecule has 0 unspecified atom stereocenters. The fourth-order valence-electron chi connectivity index (χ4n) is 2.42. The van der Waals surface area contributed by atoms with Crippen LogP contribution in [-0.2, 0) is 0 Å². The second kappa shape index (κ2) is 6.56. The van der Waals surface area contributed by atoms with Crippen LogP contribution < -0.4 is 0 Å². The maximum atomic E-state index is 10.2. The third kappa shape index (κ3) is 3.05. The molecule has 4 aromatic rings. The summed E-state index contributed by atoms with van der Waals surface area (Å²) in [6.07, 6.45) is 3.29. The molecule has 7 nitrogen and oxygen atoms in total. The summed E-state index contributed by atoms with van der Waals surface area (Å²) in [4.78, 5) is 21.8. The Hall–Kier alpha value is -3.87. The van der Waals surface area contributed by atoms with Crippen LogP contribution in [0.5, 0.6) is 11.5 Å². The van der Waals surface area contributed by atoms with E-state index in [0.29, 0.717) is 28.6 Å². The van der Waals surface area contributed by atoms with Gasteiger partial charge < -0.3 is 10.2 Å². The first-order valence-electron chi connectivity index (χ1n) is 7.82. The highest BCUT2D eigenvalue weighted by Gasteiger charge is 2.16. The largest absolute Gasteiger partial charge is 0.508 e. The van der Waals surface area contributed by atoms with Crippen LogP contribution in [0.4, 0.5) is 0 Å². The van der Waals surface area contributed by atoms with Gasteiger partial charge in [0.2, 0.25) is 0 Å². The minimum absolute atomic E-state index is 0.00279. The third-order valence-corrected chi connectivity index (χ3v) is 3.64. The number of pyridine rings is 2. The summed E-state index contributed by atoms with van der Waals surface area (Å²) in [5.74, 6) is 0.859. The van der Waals surface area contributed by atoms with E-state index in [4.69, 9.17) is 0 Å². The summed E-state index contributed by atoms with van der Waals surface area (Å²) in [6.45, 7) is 0. The van der Waals surface area contributed by atoms with Gasteiger partial charge in [0.25, 0.3) is 0 Å². The van der Waals surface area contributed by atoms with Crippen LogP contribution in [0.3, 0.4) is 0 Å². The van der Waals surface area contributed by atoms with Crippen molar-refractivity contribution in [2.75, 3.05) is 0 Å². The third-order valence-electron chi connectivity index (χ3n) is 3.64. The van der Waals surface area contributed by atoms with E-state index in [1.165, 1.54) is 18.2 Å². The van der Waals surface area contributed by atoms with Crippen LogP contribution in [0, 0.1) is 0 Å². The second-order valence-electron chi connectivity index (χ2n) is 5.44. The summed E-state index contributed by atoms with van der Waals surface area (Å²) in [5.41, 5.74) is 1.42. The summed E-state index contributed by atoms with van der Waals surface area (Å²) >= 11 is 0. The molecule has 126 valence electrons. The quantitative estimate of drug-likeness (QED) is 0.551. The van der Waals surface area contributed by atoms with Crippen molar-refractivity contribution in [2.24, 2.45) is 0 Å². The Balaban J connectivity index is 1.95. The molecule has 0 atom stereocenters. The van der Waals surface area contributed by atoms with Crippen molar-refractivity contribution in [3.05, 3.63) is 67.0 Å². The Kier molecular flexibility index (Phi) is 3.95. The molecule has 0 fully saturated rings. The molecule has 4 rings (SSSR count). The van der Waals surface area contributed by atoms with Crippen LogP contribution in [0.2, 0.25) is 0 Å². The first kappa shape index (κ1) is 15.6. The van der Waals surface area contributed by atoms with Gasteiger partial charge in [-0.25, -0.2) is 15.0 Å². The van der Waals surface area contributed by atoms with Crippen molar-refractivity contribution < 1.29 is 10.2 Å². The summed E-state index contributed by atoms with van der Waals surface area (Å²) < 4.78 is 0. The molecule has 0 aliphatic carbocycles. The van der Waals surface area contributed by atoms with Crippen molar-refractivity contribution in [3.8, 4) is 45.9 Å². The van der Waals surface area contributed by atoms with E-state index >= 15 is 0 Å². The molecule has 26 heavy (non-hydrogen) atoms. The highest BCUT2D eigenvalue weighted by Crippen LogP contribution is 2.31. The van der Waals surface area contributed by atoms with Crippen molar-refractivity contribution in [1.82, 2.24) is 24.9 Å². The van der Waals surface area contributed by atoms with E-state index in [2.05, 4.69) is 24.9 Å². The molecule has 7 heteroatoms. The minimum Gasteiger partial charge on any atom is -0.508 e. The Morgan fingerprint density at radius 3 is 1.73 bits per heavy atom. The highest BCUT2D eigenvalue weighted by atomic mass is 16.3. The number of rotatable bonds is 3. The van der Waals surface area contributed by atoms with Crippen LogP contribution in [0.15, 0.2) is 67.0 Å². The van der Waals surface area contributed by atoms with Crippen molar-refractivity contribution in [3.63, 3.8) is 0 Å². The van der Waals surface area contributed by atoms with Crippen LogP contribution >= 0.6 is 0 Å². The summed E-state index contributed by atoms with van der Waals surface area (Å²) in [5, 5.41) is 19.9. The Morgan fingerprint density at radius 1 is 0.615 bits per heavy atom. The zero-order valence-corrected chi connectivity index (χ0v) is 13.5. The first-order chi connectivity index (χ1) is 12.7. The lowest BCUT2D eigenvalue weighted by molar-refractivity contribution is 0.461. The van der Waals surface area contributed by atoms with Crippen molar-refractivity contribution >= 4 is 0 Å². The number of hydrogen-bond acceptors (Lipinski definition) is 7. The normalized spacial score (nSPS) is 10.6. The highest BCUT2D eigenvalue weighted by molar-refractivity contribution is 5.69. The lowest BCUT2D eigenvalue weighted by Crippen LogP contribution is -2.01. The van der Waals surface area contributed by atoms with Crippen LogP contribution in [0.1, 0.15) is 0 Å². The topological polar surface area (TPSA) is 105 Å². The first-order valence-corrected chi connectivity index (χ1v) is 7.82. The molecule has 0 saturated heterocycles. The standard InChI is InChI=1S/C19H13N5O2/c25-12-7-8-16(26)13(11-12)17-22-18(14-5-1-3-9-20-14)24-19(23-17)15-6-2-4-10-21-15/h1-11,25-26H. The number of nitrogens with zero attached hydrogens (tertiary/aromatic N) is 5. The molecule has 0 saturated carbocycles. The van der Waals surface area contributed by atoms with E-state index in [9.17, 15) is 10.2 Å². The lowest BCUT2D eigenvalue weighted by atomic mass is 10.1. The maximum Gasteiger partial charge on any atom is 0.182 e. The molecule has 0 aliphatic rings. The molecular weight excluding hydrogens is 330 g/mol. The Bertz CT molecular complexity index is 998. The van der Waals surface area contributed by atoms with E-state index < -0.39 is 0 Å². The smallest absolute Gasteiger partial charge is 0.182 e. The van der Waals surface area contributed by atoms with Gasteiger partial charge in [0.05, 0.1) is 5.56 Å². The van der Waals surface area contributed by atoms with E-state index in [-0.39, 0.29) is 17.3 Å². The van der Waals surface area contributed by atoms with E-state index in [1.54, 1.807) is 36.7 Å². The number of aromatic hydroxyl groups is 2. The minimum atomic E-state index is -0.0482. The number of benzene rings is 1. The molecule has 0 amide bonds. The van der Waals surface area contributed by atoms with Gasteiger partial charge in [-0.2, -0.15) is 0 Å². The van der Waals surface area contributed by atoms with Gasteiger partial charge in [-0.15, -0.1) is 0 Å². The average Bonchev–Trinajstić information content (AvgIpc) is 2.71. The lowest BCUT2D eigenvalue weighted by Gasteiger charge is -2.08. The molecule has 0 aliphatic heterocycles. The van der Waals surface area contributed by atoms with E-state index in [0.717, 1.165) is 0 Å². The monoisotopic (exact) mass is 343 g/mol. The fraction of sp³-hybridized carbons (Fsp3) is 0. The molecule has 1 aromatic carbocycles. The van der Waals surface area contributed by atoms with Gasteiger partial charge in [0.15, 0.2) is 17.5 Å². The number of hydrogen-bond donors (Lipinski definition) is 2.